The molecule has 2 aromatic rings. The van der Waals surface area contributed by atoms with Gasteiger partial charge in [-0.15, -0.1) is 0 Å². The molecule has 29 heavy (non-hydrogen) atoms. The van der Waals surface area contributed by atoms with E-state index in [1.165, 1.54) is 11.1 Å². The van der Waals surface area contributed by atoms with E-state index in [2.05, 4.69) is 15.1 Å². The van der Waals surface area contributed by atoms with Gasteiger partial charge in [0.1, 0.15) is 12.3 Å². The van der Waals surface area contributed by atoms with Crippen LogP contribution in [0, 0.1) is 11.5 Å². The van der Waals surface area contributed by atoms with Crippen LogP contribution in [-0.2, 0) is 10.3 Å². The monoisotopic (exact) mass is 394 g/mol. The number of nitriles is 1. The van der Waals surface area contributed by atoms with Gasteiger partial charge in [0.2, 0.25) is 5.82 Å². The quantitative estimate of drug-likeness (QED) is 0.570. The SMILES string of the molecule is COC1(c2noc(N3CN=C4c5ccccc5N5C(=CN(C#N)C5F)N43)n2)CC1. The van der Waals surface area contributed by atoms with Gasteiger partial charge in [0.05, 0.1) is 11.9 Å². The average molecular weight is 394 g/mol. The number of fused-ring (bicyclic) bond motifs is 6. The zero-order valence-corrected chi connectivity index (χ0v) is 15.4. The lowest BCUT2D eigenvalue weighted by Crippen LogP contribution is -2.50. The van der Waals surface area contributed by atoms with Crippen molar-refractivity contribution >= 4 is 17.5 Å². The van der Waals surface area contributed by atoms with E-state index in [1.807, 2.05) is 24.4 Å². The van der Waals surface area contributed by atoms with Crippen LogP contribution >= 0.6 is 0 Å². The number of hydrogen-bond donors (Lipinski definition) is 0. The second-order valence-corrected chi connectivity index (χ2v) is 7.13. The maximum atomic E-state index is 15.0. The van der Waals surface area contributed by atoms with Gasteiger partial charge in [0, 0.05) is 12.7 Å². The van der Waals surface area contributed by atoms with Crippen LogP contribution in [0.1, 0.15) is 24.2 Å². The summed E-state index contributed by atoms with van der Waals surface area (Å²) in [6.07, 6.45) is 3.33. The van der Waals surface area contributed by atoms with Crippen molar-refractivity contribution in [1.82, 2.24) is 20.0 Å². The van der Waals surface area contributed by atoms with Gasteiger partial charge in [-0.2, -0.15) is 14.6 Å². The van der Waals surface area contributed by atoms with E-state index >= 15 is 4.39 Å². The highest BCUT2D eigenvalue weighted by Gasteiger charge is 2.51. The van der Waals surface area contributed by atoms with Crippen LogP contribution in [0.2, 0.25) is 0 Å². The highest BCUT2D eigenvalue weighted by atomic mass is 19.1. The molecule has 1 aromatic heterocycles. The van der Waals surface area contributed by atoms with Crippen molar-refractivity contribution in [3.8, 4) is 6.19 Å². The van der Waals surface area contributed by atoms with E-state index in [1.54, 1.807) is 23.2 Å². The average Bonchev–Trinajstić information content (AvgIpc) is 3.08. The molecule has 6 rings (SSSR count). The Kier molecular flexibility index (Phi) is 3.07. The smallest absolute Gasteiger partial charge is 0.345 e. The molecule has 1 unspecified atom stereocenters. The van der Waals surface area contributed by atoms with E-state index in [4.69, 9.17) is 9.26 Å². The molecular formula is C18H15FN8O2. The zero-order chi connectivity index (χ0) is 19.8. The van der Waals surface area contributed by atoms with Gasteiger partial charge >= 0.3 is 6.01 Å². The molecule has 1 saturated carbocycles. The van der Waals surface area contributed by atoms with Crippen molar-refractivity contribution in [1.29, 1.82) is 5.26 Å². The highest BCUT2D eigenvalue weighted by molar-refractivity contribution is 6.09. The molecule has 0 radical (unpaired) electrons. The van der Waals surface area contributed by atoms with Gasteiger partial charge in [0.15, 0.2) is 17.8 Å². The molecule has 1 aromatic carbocycles. The fourth-order valence-electron chi connectivity index (χ4n) is 3.92. The summed E-state index contributed by atoms with van der Waals surface area (Å²) in [6.45, 7) is 0.222. The molecule has 3 aliphatic heterocycles. The molecule has 0 N–H and O–H groups in total. The molecule has 0 bridgehead atoms. The normalized spacial score (nSPS) is 23.3. The number of hydrazine groups is 1. The van der Waals surface area contributed by atoms with Crippen molar-refractivity contribution in [3.63, 3.8) is 0 Å². The number of halogens is 1. The Morgan fingerprint density at radius 3 is 2.93 bits per heavy atom. The summed E-state index contributed by atoms with van der Waals surface area (Å²) < 4.78 is 26.0. The first-order valence-electron chi connectivity index (χ1n) is 9.11. The van der Waals surface area contributed by atoms with Crippen LogP contribution in [0.3, 0.4) is 0 Å². The fourth-order valence-corrected chi connectivity index (χ4v) is 3.92. The molecule has 1 atom stereocenters. The van der Waals surface area contributed by atoms with Crippen LogP contribution in [-0.4, -0.2) is 46.1 Å². The van der Waals surface area contributed by atoms with Gasteiger partial charge in [-0.3, -0.25) is 4.90 Å². The molecule has 1 fully saturated rings. The van der Waals surface area contributed by atoms with Gasteiger partial charge < -0.3 is 9.26 Å². The number of hydrogen-bond acceptors (Lipinski definition) is 10. The molecule has 146 valence electrons. The Hall–Kier alpha value is -3.65. The van der Waals surface area contributed by atoms with Gasteiger partial charge in [0.25, 0.3) is 6.42 Å². The number of aromatic nitrogens is 2. The Balaban J connectivity index is 1.45. The largest absolute Gasteiger partial charge is 0.370 e. The number of anilines is 2. The number of nitrogens with zero attached hydrogens (tertiary/aromatic N) is 8. The third-order valence-corrected chi connectivity index (χ3v) is 5.62. The van der Waals surface area contributed by atoms with Crippen LogP contribution in [0.15, 0.2) is 45.8 Å². The van der Waals surface area contributed by atoms with E-state index in [-0.39, 0.29) is 12.7 Å². The summed E-state index contributed by atoms with van der Waals surface area (Å²) in [5.41, 5.74) is 0.910. The standard InChI is InChI=1S/C18H15FN8O2/c1-28-18(6-7-18)15-22-17(29-23-15)25-10-21-14-11-4-2-3-5-12(11)26-13(27(14)25)8-24(9-20)16(26)19/h2-5,8,16H,6-7,10H2,1H3. The summed E-state index contributed by atoms with van der Waals surface area (Å²) in [4.78, 5) is 11.5. The van der Waals surface area contributed by atoms with Crippen molar-refractivity contribution < 1.29 is 13.7 Å². The number of para-hydroxylation sites is 1. The lowest BCUT2D eigenvalue weighted by atomic mass is 10.1. The summed E-state index contributed by atoms with van der Waals surface area (Å²) in [5, 5.41) is 16.8. The Labute approximate surface area is 164 Å². The lowest BCUT2D eigenvalue weighted by Gasteiger charge is -2.39. The third kappa shape index (κ3) is 2.03. The number of alkyl halides is 1. The van der Waals surface area contributed by atoms with E-state index in [0.717, 1.165) is 23.3 Å². The molecule has 0 spiro atoms. The number of amidine groups is 1. The maximum absolute atomic E-state index is 15.0. The molecule has 4 aliphatic rings. The predicted octanol–water partition coefficient (Wildman–Crippen LogP) is 1.82. The maximum Gasteiger partial charge on any atom is 0.345 e. The van der Waals surface area contributed by atoms with Crippen molar-refractivity contribution in [2.75, 3.05) is 23.7 Å². The van der Waals surface area contributed by atoms with Gasteiger partial charge in [-0.05, 0) is 25.0 Å². The summed E-state index contributed by atoms with van der Waals surface area (Å²) >= 11 is 0. The number of benzene rings is 1. The van der Waals surface area contributed by atoms with Gasteiger partial charge in [-0.25, -0.2) is 19.9 Å². The summed E-state index contributed by atoms with van der Waals surface area (Å²) in [5.74, 6) is 1.56. The minimum atomic E-state index is -1.65. The first-order chi connectivity index (χ1) is 14.2. The van der Waals surface area contributed by atoms with Crippen LogP contribution in [0.4, 0.5) is 16.1 Å². The zero-order valence-electron chi connectivity index (χ0n) is 15.4. The van der Waals surface area contributed by atoms with E-state index < -0.39 is 12.0 Å². The minimum absolute atomic E-state index is 0.222. The number of aliphatic imine (C=N–C) groups is 1. The number of ether oxygens (including phenoxy) is 1. The number of methoxy groups -OCH3 is 1. The predicted molar refractivity (Wildman–Crippen MR) is 97.3 cm³/mol. The molecule has 11 heteroatoms. The Morgan fingerprint density at radius 1 is 1.34 bits per heavy atom. The molecular weight excluding hydrogens is 379 g/mol. The van der Waals surface area contributed by atoms with Crippen LogP contribution < -0.4 is 9.91 Å². The Morgan fingerprint density at radius 2 is 2.17 bits per heavy atom. The molecule has 10 nitrogen and oxygen atoms in total. The van der Waals surface area contributed by atoms with Crippen molar-refractivity contribution in [2.45, 2.75) is 24.9 Å². The van der Waals surface area contributed by atoms with Crippen LogP contribution in [0.5, 0.6) is 0 Å². The topological polar surface area (TPSA) is 97.3 Å². The first kappa shape index (κ1) is 16.3. The van der Waals surface area contributed by atoms with Crippen molar-refractivity contribution in [3.05, 3.63) is 47.7 Å². The van der Waals surface area contributed by atoms with Crippen LogP contribution in [0.25, 0.3) is 0 Å². The third-order valence-electron chi connectivity index (χ3n) is 5.62. The minimum Gasteiger partial charge on any atom is -0.370 e. The number of rotatable bonds is 3. The second kappa shape index (κ2) is 5.45. The molecule has 4 heterocycles. The Bertz CT molecular complexity index is 1120. The van der Waals surface area contributed by atoms with Gasteiger partial charge in [-0.1, -0.05) is 17.3 Å². The highest BCUT2D eigenvalue weighted by Crippen LogP contribution is 2.48. The fraction of sp³-hybridized carbons (Fsp3) is 0.333. The summed E-state index contributed by atoms with van der Waals surface area (Å²) in [6, 6.07) is 7.59. The first-order valence-corrected chi connectivity index (χ1v) is 9.11. The lowest BCUT2D eigenvalue weighted by molar-refractivity contribution is 0.0689. The van der Waals surface area contributed by atoms with E-state index in [9.17, 15) is 5.26 Å². The second-order valence-electron chi connectivity index (χ2n) is 7.13. The van der Waals surface area contributed by atoms with Crippen molar-refractivity contribution in [2.24, 2.45) is 4.99 Å². The molecule has 0 saturated heterocycles. The summed E-state index contributed by atoms with van der Waals surface area (Å²) in [7, 11) is 1.63. The van der Waals surface area contributed by atoms with E-state index in [0.29, 0.717) is 23.2 Å². The molecule has 0 amide bonds. The molecule has 1 aliphatic carbocycles.